The van der Waals surface area contributed by atoms with Crippen LogP contribution in [-0.4, -0.2) is 34.0 Å². The summed E-state index contributed by atoms with van der Waals surface area (Å²) in [5.41, 5.74) is 6.30. The van der Waals surface area contributed by atoms with E-state index in [1.54, 1.807) is 12.3 Å². The van der Waals surface area contributed by atoms with Crippen LogP contribution in [-0.2, 0) is 10.8 Å². The molecule has 0 aliphatic rings. The molecule has 7 heteroatoms. The van der Waals surface area contributed by atoms with Crippen LogP contribution in [0.3, 0.4) is 0 Å². The molecule has 3 rings (SSSR count). The van der Waals surface area contributed by atoms with Gasteiger partial charge in [0.25, 0.3) is 5.91 Å². The summed E-state index contributed by atoms with van der Waals surface area (Å²) in [5, 5.41) is 22.0. The number of hydrogen-bond acceptors (Lipinski definition) is 5. The van der Waals surface area contributed by atoms with Crippen LogP contribution in [0.5, 0.6) is 11.5 Å². The summed E-state index contributed by atoms with van der Waals surface area (Å²) >= 11 is 0. The number of hydrazone groups is 1. The van der Waals surface area contributed by atoms with Gasteiger partial charge in [-0.2, -0.15) is 10.2 Å². The van der Waals surface area contributed by atoms with Crippen molar-refractivity contribution in [2.45, 2.75) is 59.3 Å². The van der Waals surface area contributed by atoms with Gasteiger partial charge in [-0.1, -0.05) is 53.7 Å². The van der Waals surface area contributed by atoms with Crippen molar-refractivity contribution in [3.05, 3.63) is 64.8 Å². The minimum absolute atomic E-state index is 0.247. The molecule has 180 valence electrons. The molecule has 0 fully saturated rings. The first kappa shape index (κ1) is 25.0. The highest BCUT2D eigenvalue weighted by atomic mass is 16.5. The number of nitrogens with one attached hydrogen (secondary N) is 2. The molecule has 0 spiro atoms. The lowest BCUT2D eigenvalue weighted by atomic mass is 9.78. The number of benzene rings is 2. The van der Waals surface area contributed by atoms with Gasteiger partial charge in [-0.3, -0.25) is 9.89 Å². The molecular formula is C27H34N4O3. The molecule has 0 aliphatic heterocycles. The second kappa shape index (κ2) is 9.71. The maximum absolute atomic E-state index is 12.6. The zero-order valence-corrected chi connectivity index (χ0v) is 21.0. The van der Waals surface area contributed by atoms with Crippen LogP contribution in [0.25, 0.3) is 11.3 Å². The lowest BCUT2D eigenvalue weighted by Gasteiger charge is -2.27. The number of hydrogen-bond donors (Lipinski definition) is 3. The number of carbonyl (C=O) groups is 1. The van der Waals surface area contributed by atoms with E-state index in [1.165, 1.54) is 0 Å². The van der Waals surface area contributed by atoms with Crippen LogP contribution in [0.15, 0.2) is 47.6 Å². The Morgan fingerprint density at radius 3 is 2.32 bits per heavy atom. The van der Waals surface area contributed by atoms with E-state index in [-0.39, 0.29) is 10.8 Å². The van der Waals surface area contributed by atoms with Gasteiger partial charge in [0, 0.05) is 16.7 Å². The van der Waals surface area contributed by atoms with Crippen LogP contribution in [0.1, 0.15) is 75.6 Å². The number of nitrogens with zero attached hydrogens (tertiary/aromatic N) is 2. The van der Waals surface area contributed by atoms with Gasteiger partial charge < -0.3 is 9.84 Å². The van der Waals surface area contributed by atoms with Crippen LogP contribution in [0.4, 0.5) is 0 Å². The molecule has 1 aromatic heterocycles. The van der Waals surface area contributed by atoms with Crippen molar-refractivity contribution in [1.29, 1.82) is 0 Å². The molecule has 0 atom stereocenters. The van der Waals surface area contributed by atoms with E-state index in [0.29, 0.717) is 23.7 Å². The van der Waals surface area contributed by atoms with Crippen molar-refractivity contribution >= 4 is 12.1 Å². The number of rotatable bonds is 6. The Kier molecular flexibility index (Phi) is 7.15. The third-order valence-corrected chi connectivity index (χ3v) is 5.39. The number of aromatic hydroxyl groups is 1. The first-order valence-electron chi connectivity index (χ1n) is 11.4. The first-order chi connectivity index (χ1) is 15.9. The predicted octanol–water partition coefficient (Wildman–Crippen LogP) is 5.54. The number of phenols is 1. The maximum Gasteiger partial charge on any atom is 0.289 e. The second-order valence-electron chi connectivity index (χ2n) is 10.3. The Morgan fingerprint density at radius 1 is 1.09 bits per heavy atom. The summed E-state index contributed by atoms with van der Waals surface area (Å²) in [5.74, 6) is 0.651. The number of H-pyrrole nitrogens is 1. The lowest BCUT2D eigenvalue weighted by Crippen LogP contribution is -2.19. The quantitative estimate of drug-likeness (QED) is 0.331. The predicted molar refractivity (Wildman–Crippen MR) is 136 cm³/mol. The molecule has 0 aliphatic carbocycles. The summed E-state index contributed by atoms with van der Waals surface area (Å²) in [6.07, 6.45) is 1.59. The summed E-state index contributed by atoms with van der Waals surface area (Å²) in [7, 11) is 0. The van der Waals surface area contributed by atoms with Gasteiger partial charge in [0.2, 0.25) is 0 Å². The van der Waals surface area contributed by atoms with Gasteiger partial charge in [-0.25, -0.2) is 5.43 Å². The van der Waals surface area contributed by atoms with E-state index in [0.717, 1.165) is 28.0 Å². The standard InChI is InChI=1S/C27H34N4O3/c1-8-34-19-11-9-10-18(14-19)22-15-23(30-29-22)25(33)31-28-16-17-12-20(26(2,3)4)24(32)21(13-17)27(5,6)7/h9-16,32H,8H2,1-7H3,(H,29,30)(H,31,33). The Bertz CT molecular complexity index is 1160. The van der Waals surface area contributed by atoms with E-state index in [2.05, 4.69) is 62.3 Å². The average Bonchev–Trinajstić information content (AvgIpc) is 3.24. The van der Waals surface area contributed by atoms with Crippen molar-refractivity contribution in [2.75, 3.05) is 6.61 Å². The van der Waals surface area contributed by atoms with Crippen LogP contribution in [0.2, 0.25) is 0 Å². The smallest absolute Gasteiger partial charge is 0.289 e. The molecule has 0 unspecified atom stereocenters. The average molecular weight is 463 g/mol. The highest BCUT2D eigenvalue weighted by molar-refractivity contribution is 5.94. The van der Waals surface area contributed by atoms with E-state index in [9.17, 15) is 9.90 Å². The second-order valence-corrected chi connectivity index (χ2v) is 10.3. The van der Waals surface area contributed by atoms with E-state index < -0.39 is 5.91 Å². The summed E-state index contributed by atoms with van der Waals surface area (Å²) in [4.78, 5) is 12.6. The molecule has 0 bridgehead atoms. The molecule has 7 nitrogen and oxygen atoms in total. The van der Waals surface area contributed by atoms with Crippen LogP contribution < -0.4 is 10.2 Å². The minimum atomic E-state index is -0.401. The number of carbonyl (C=O) groups excluding carboxylic acids is 1. The van der Waals surface area contributed by atoms with Gasteiger partial charge in [-0.15, -0.1) is 0 Å². The van der Waals surface area contributed by atoms with E-state index in [1.807, 2.05) is 43.3 Å². The number of phenolic OH excluding ortho intramolecular Hbond substituents is 1. The molecule has 1 amide bonds. The fourth-order valence-corrected chi connectivity index (χ4v) is 3.60. The highest BCUT2D eigenvalue weighted by Crippen LogP contribution is 2.39. The van der Waals surface area contributed by atoms with Crippen molar-refractivity contribution in [3.8, 4) is 22.8 Å². The van der Waals surface area contributed by atoms with Crippen molar-refractivity contribution in [3.63, 3.8) is 0 Å². The van der Waals surface area contributed by atoms with Gasteiger partial charge in [0.1, 0.15) is 17.2 Å². The number of ether oxygens (including phenoxy) is 1. The zero-order chi connectivity index (χ0) is 25.1. The molecule has 2 aromatic carbocycles. The largest absolute Gasteiger partial charge is 0.507 e. The summed E-state index contributed by atoms with van der Waals surface area (Å²) in [6, 6.07) is 13.0. The molecule has 3 aromatic rings. The first-order valence-corrected chi connectivity index (χ1v) is 11.4. The molecule has 0 radical (unpaired) electrons. The molecule has 0 saturated carbocycles. The Hall–Kier alpha value is -3.61. The number of aromatic nitrogens is 2. The fraction of sp³-hybridized carbons (Fsp3) is 0.370. The molecular weight excluding hydrogens is 428 g/mol. The Balaban J connectivity index is 1.79. The summed E-state index contributed by atoms with van der Waals surface area (Å²) < 4.78 is 5.53. The molecule has 3 N–H and O–H groups in total. The topological polar surface area (TPSA) is 99.6 Å². The van der Waals surface area contributed by atoms with Crippen molar-refractivity contribution in [1.82, 2.24) is 15.6 Å². The molecule has 0 saturated heterocycles. The van der Waals surface area contributed by atoms with Crippen LogP contribution in [0, 0.1) is 0 Å². The van der Waals surface area contributed by atoms with Crippen LogP contribution >= 0.6 is 0 Å². The monoisotopic (exact) mass is 462 g/mol. The maximum atomic E-state index is 12.6. The van der Waals surface area contributed by atoms with E-state index >= 15 is 0 Å². The van der Waals surface area contributed by atoms with Gasteiger partial charge >= 0.3 is 0 Å². The fourth-order valence-electron chi connectivity index (χ4n) is 3.60. The van der Waals surface area contributed by atoms with Gasteiger partial charge in [0.05, 0.1) is 18.5 Å². The Morgan fingerprint density at radius 2 is 1.74 bits per heavy atom. The highest BCUT2D eigenvalue weighted by Gasteiger charge is 2.26. The third kappa shape index (κ3) is 5.84. The summed E-state index contributed by atoms with van der Waals surface area (Å²) in [6.45, 7) is 14.8. The van der Waals surface area contributed by atoms with Crippen molar-refractivity contribution < 1.29 is 14.6 Å². The zero-order valence-electron chi connectivity index (χ0n) is 21.0. The SMILES string of the molecule is CCOc1cccc(-c2cc(C(=O)NN=Cc3cc(C(C)(C)C)c(O)c(C(C)(C)C)c3)[nH]n2)c1. The minimum Gasteiger partial charge on any atom is -0.507 e. The van der Waals surface area contributed by atoms with E-state index in [4.69, 9.17) is 4.74 Å². The number of aromatic amines is 1. The third-order valence-electron chi connectivity index (χ3n) is 5.39. The number of amides is 1. The Labute approximate surface area is 201 Å². The molecule has 1 heterocycles. The lowest BCUT2D eigenvalue weighted by molar-refractivity contribution is 0.0950. The molecule has 34 heavy (non-hydrogen) atoms. The normalized spacial score (nSPS) is 12.2. The van der Waals surface area contributed by atoms with Gasteiger partial charge in [0.15, 0.2) is 0 Å². The van der Waals surface area contributed by atoms with Gasteiger partial charge in [-0.05, 0) is 53.6 Å². The van der Waals surface area contributed by atoms with Crippen molar-refractivity contribution in [2.24, 2.45) is 5.10 Å².